The van der Waals surface area contributed by atoms with Crippen LogP contribution in [0.5, 0.6) is 0 Å². The van der Waals surface area contributed by atoms with Gasteiger partial charge in [-0.15, -0.1) is 0 Å². The van der Waals surface area contributed by atoms with Crippen molar-refractivity contribution in [3.8, 4) is 0 Å². The van der Waals surface area contributed by atoms with Crippen molar-refractivity contribution in [3.05, 3.63) is 12.2 Å². The molecule has 1 aliphatic rings. The van der Waals surface area contributed by atoms with E-state index in [9.17, 15) is 4.79 Å². The average Bonchev–Trinajstić information content (AvgIpc) is 1.82. The summed E-state index contributed by atoms with van der Waals surface area (Å²) in [7, 11) is 3.88. The lowest BCUT2D eigenvalue weighted by atomic mass is 9.74. The summed E-state index contributed by atoms with van der Waals surface area (Å²) in [6.07, 6.45) is 0.959. The highest BCUT2D eigenvalue weighted by atomic mass is 16.1. The number of hydrogen-bond acceptors (Lipinski definition) is 2. The number of nitrogens with zero attached hydrogens (tertiary/aromatic N) is 1. The third-order valence-electron chi connectivity index (χ3n) is 2.35. The van der Waals surface area contributed by atoms with Crippen molar-refractivity contribution < 1.29 is 4.79 Å². The van der Waals surface area contributed by atoms with E-state index in [1.807, 2.05) is 25.9 Å². The number of carbonyl (C=O) groups is 1. The lowest BCUT2D eigenvalue weighted by molar-refractivity contribution is -0.134. The second kappa shape index (κ2) is 2.78. The van der Waals surface area contributed by atoms with E-state index in [2.05, 4.69) is 6.58 Å². The number of likely N-dealkylation sites (N-methyl/N-ethyl adjacent to an activating group) is 1. The molecule has 2 unspecified atom stereocenters. The first-order valence-corrected chi connectivity index (χ1v) is 3.89. The number of allylic oxidation sites excluding steroid dienone is 1. The van der Waals surface area contributed by atoms with Gasteiger partial charge in [0, 0.05) is 5.92 Å². The molecule has 2 nitrogen and oxygen atoms in total. The fourth-order valence-electron chi connectivity index (χ4n) is 1.44. The van der Waals surface area contributed by atoms with Crippen LogP contribution in [0, 0.1) is 5.92 Å². The van der Waals surface area contributed by atoms with Gasteiger partial charge in [-0.2, -0.15) is 0 Å². The highest BCUT2D eigenvalue weighted by Gasteiger charge is 2.40. The van der Waals surface area contributed by atoms with E-state index in [0.29, 0.717) is 5.78 Å². The minimum absolute atomic E-state index is 0.141. The third kappa shape index (κ3) is 1.36. The molecule has 1 rings (SSSR count). The van der Waals surface area contributed by atoms with Crippen LogP contribution in [0.4, 0.5) is 0 Å². The molecule has 0 radical (unpaired) electrons. The third-order valence-corrected chi connectivity index (χ3v) is 2.35. The Balaban J connectivity index is 2.51. The van der Waals surface area contributed by atoms with Gasteiger partial charge in [-0.3, -0.25) is 9.69 Å². The summed E-state index contributed by atoms with van der Waals surface area (Å²) in [6, 6.07) is 0.150. The van der Waals surface area contributed by atoms with Crippen molar-refractivity contribution in [1.82, 2.24) is 4.90 Å². The Labute approximate surface area is 67.9 Å². The summed E-state index contributed by atoms with van der Waals surface area (Å²) in [5.41, 5.74) is 1.01. The Bertz CT molecular complexity index is 196. The Kier molecular flexibility index (Phi) is 2.14. The SMILES string of the molecule is C=C(C)C1CC(N(C)C)C1=O. The number of ketones is 1. The lowest BCUT2D eigenvalue weighted by Gasteiger charge is -2.38. The minimum atomic E-state index is 0.141. The number of rotatable bonds is 2. The van der Waals surface area contributed by atoms with Crippen LogP contribution >= 0.6 is 0 Å². The summed E-state index contributed by atoms with van der Waals surface area (Å²) in [5, 5.41) is 0. The van der Waals surface area contributed by atoms with Crippen LogP contribution in [0.2, 0.25) is 0 Å². The lowest BCUT2D eigenvalue weighted by Crippen LogP contribution is -2.50. The predicted octanol–water partition coefficient (Wildman–Crippen LogP) is 1.08. The molecule has 0 aromatic rings. The molecule has 1 saturated carbocycles. The zero-order valence-corrected chi connectivity index (χ0v) is 7.42. The molecule has 2 heteroatoms. The topological polar surface area (TPSA) is 20.3 Å². The number of hydrogen-bond donors (Lipinski definition) is 0. The van der Waals surface area contributed by atoms with Crippen molar-refractivity contribution in [2.75, 3.05) is 14.1 Å². The maximum Gasteiger partial charge on any atom is 0.157 e. The van der Waals surface area contributed by atoms with E-state index in [1.165, 1.54) is 0 Å². The largest absolute Gasteiger partial charge is 0.300 e. The molecule has 0 N–H and O–H groups in total. The second-order valence-electron chi connectivity index (χ2n) is 3.52. The quantitative estimate of drug-likeness (QED) is 0.553. The molecule has 62 valence electrons. The molecule has 0 spiro atoms. The maximum absolute atomic E-state index is 11.3. The van der Waals surface area contributed by atoms with Gasteiger partial charge in [0.2, 0.25) is 0 Å². The Morgan fingerprint density at radius 2 is 2.18 bits per heavy atom. The molecular formula is C9H15NO. The summed E-state index contributed by atoms with van der Waals surface area (Å²) in [5.74, 6) is 0.477. The molecule has 1 fully saturated rings. The van der Waals surface area contributed by atoms with Crippen LogP contribution in [-0.2, 0) is 4.79 Å². The van der Waals surface area contributed by atoms with Crippen LogP contribution in [0.25, 0.3) is 0 Å². The molecular weight excluding hydrogens is 138 g/mol. The van der Waals surface area contributed by atoms with Gasteiger partial charge in [0.1, 0.15) is 0 Å². The molecule has 11 heavy (non-hydrogen) atoms. The van der Waals surface area contributed by atoms with Gasteiger partial charge < -0.3 is 0 Å². The standard InChI is InChI=1S/C9H15NO/c1-6(2)7-5-8(9(7)11)10(3)4/h7-8H,1,5H2,2-4H3. The van der Waals surface area contributed by atoms with Gasteiger partial charge in [0.25, 0.3) is 0 Å². The molecule has 0 amide bonds. The Hall–Kier alpha value is -0.630. The molecule has 1 aliphatic carbocycles. The second-order valence-corrected chi connectivity index (χ2v) is 3.52. The van der Waals surface area contributed by atoms with E-state index >= 15 is 0 Å². The van der Waals surface area contributed by atoms with Crippen molar-refractivity contribution in [3.63, 3.8) is 0 Å². The van der Waals surface area contributed by atoms with E-state index in [1.54, 1.807) is 0 Å². The van der Waals surface area contributed by atoms with E-state index in [-0.39, 0.29) is 12.0 Å². The first kappa shape index (κ1) is 8.47. The zero-order valence-electron chi connectivity index (χ0n) is 7.42. The molecule has 0 heterocycles. The molecule has 0 aromatic heterocycles. The Morgan fingerprint density at radius 3 is 2.45 bits per heavy atom. The predicted molar refractivity (Wildman–Crippen MR) is 45.4 cm³/mol. The summed E-state index contributed by atoms with van der Waals surface area (Å²) in [6.45, 7) is 5.71. The fourth-order valence-corrected chi connectivity index (χ4v) is 1.44. The normalized spacial score (nSPS) is 30.4. The Morgan fingerprint density at radius 1 is 1.64 bits per heavy atom. The van der Waals surface area contributed by atoms with Crippen LogP contribution in [0.3, 0.4) is 0 Å². The maximum atomic E-state index is 11.3. The number of Topliss-reactive ketones (excluding diaryl/α,β-unsaturated/α-hetero) is 1. The summed E-state index contributed by atoms with van der Waals surface area (Å²) >= 11 is 0. The van der Waals surface area contributed by atoms with Crippen molar-refractivity contribution in [2.45, 2.75) is 19.4 Å². The average molecular weight is 153 g/mol. The van der Waals surface area contributed by atoms with Gasteiger partial charge in [-0.25, -0.2) is 0 Å². The highest BCUT2D eigenvalue weighted by molar-refractivity contribution is 5.94. The van der Waals surface area contributed by atoms with Gasteiger partial charge in [0.05, 0.1) is 6.04 Å². The van der Waals surface area contributed by atoms with Gasteiger partial charge in [-0.1, -0.05) is 12.2 Å². The zero-order chi connectivity index (χ0) is 8.59. The minimum Gasteiger partial charge on any atom is -0.300 e. The van der Waals surface area contributed by atoms with Crippen LogP contribution in [0.1, 0.15) is 13.3 Å². The van der Waals surface area contributed by atoms with Crippen molar-refractivity contribution >= 4 is 5.78 Å². The monoisotopic (exact) mass is 153 g/mol. The van der Waals surface area contributed by atoms with Crippen molar-refractivity contribution in [2.24, 2.45) is 5.92 Å². The first-order chi connectivity index (χ1) is 5.04. The smallest absolute Gasteiger partial charge is 0.157 e. The van der Waals surface area contributed by atoms with E-state index < -0.39 is 0 Å². The molecule has 0 aliphatic heterocycles. The highest BCUT2D eigenvalue weighted by Crippen LogP contribution is 2.31. The van der Waals surface area contributed by atoms with Crippen molar-refractivity contribution in [1.29, 1.82) is 0 Å². The fraction of sp³-hybridized carbons (Fsp3) is 0.667. The van der Waals surface area contributed by atoms with Gasteiger partial charge in [-0.05, 0) is 27.4 Å². The molecule has 0 aromatic carbocycles. The molecule has 0 saturated heterocycles. The summed E-state index contributed by atoms with van der Waals surface area (Å²) in [4.78, 5) is 13.3. The molecule has 2 atom stereocenters. The van der Waals surface area contributed by atoms with Crippen LogP contribution in [-0.4, -0.2) is 30.8 Å². The number of carbonyl (C=O) groups excluding carboxylic acids is 1. The van der Waals surface area contributed by atoms with E-state index in [0.717, 1.165) is 12.0 Å². The van der Waals surface area contributed by atoms with E-state index in [4.69, 9.17) is 0 Å². The van der Waals surface area contributed by atoms with Crippen LogP contribution in [0.15, 0.2) is 12.2 Å². The summed E-state index contributed by atoms with van der Waals surface area (Å²) < 4.78 is 0. The first-order valence-electron chi connectivity index (χ1n) is 3.89. The van der Waals surface area contributed by atoms with Crippen LogP contribution < -0.4 is 0 Å². The van der Waals surface area contributed by atoms with Gasteiger partial charge in [0.15, 0.2) is 5.78 Å². The van der Waals surface area contributed by atoms with Gasteiger partial charge >= 0.3 is 0 Å². The molecule has 0 bridgehead atoms.